The number of aromatic nitrogens is 3. The largest absolute Gasteiger partial charge is 0.310 e. The van der Waals surface area contributed by atoms with Crippen molar-refractivity contribution < 1.29 is 4.79 Å². The van der Waals surface area contributed by atoms with Gasteiger partial charge in [0.15, 0.2) is 5.13 Å². The quantitative estimate of drug-likeness (QED) is 0.424. The topological polar surface area (TPSA) is 87.7 Å². The van der Waals surface area contributed by atoms with Gasteiger partial charge in [-0.2, -0.15) is 0 Å². The number of hydrogen-bond donors (Lipinski definition) is 2. The van der Waals surface area contributed by atoms with E-state index >= 15 is 0 Å². The molecule has 6 nitrogen and oxygen atoms in total. The SMILES string of the molecule is CC(C)c1ccc(-c2csc(NC(=O)CCCc3nc4ccccc4c(=O)[nH]3)n2)cc1. The lowest BCUT2D eigenvalue weighted by molar-refractivity contribution is -0.116. The molecule has 31 heavy (non-hydrogen) atoms. The number of rotatable bonds is 7. The first-order chi connectivity index (χ1) is 15.0. The van der Waals surface area contributed by atoms with Crippen LogP contribution in [0.5, 0.6) is 0 Å². The van der Waals surface area contributed by atoms with Crippen molar-refractivity contribution in [2.45, 2.75) is 39.0 Å². The van der Waals surface area contributed by atoms with Crippen LogP contribution < -0.4 is 10.9 Å². The van der Waals surface area contributed by atoms with Gasteiger partial charge in [-0.1, -0.05) is 50.2 Å². The van der Waals surface area contributed by atoms with E-state index in [4.69, 9.17) is 0 Å². The van der Waals surface area contributed by atoms with Crippen molar-refractivity contribution in [2.75, 3.05) is 5.32 Å². The molecule has 0 aliphatic rings. The number of amides is 1. The molecule has 0 atom stereocenters. The number of aromatic amines is 1. The van der Waals surface area contributed by atoms with Gasteiger partial charge in [0.25, 0.3) is 5.56 Å². The molecule has 0 saturated heterocycles. The number of para-hydroxylation sites is 1. The summed E-state index contributed by atoms with van der Waals surface area (Å²) in [5.41, 5.74) is 3.69. The van der Waals surface area contributed by atoms with E-state index in [0.717, 1.165) is 11.3 Å². The first kappa shape index (κ1) is 20.9. The molecule has 0 aliphatic carbocycles. The molecular weight excluding hydrogens is 408 g/mol. The Morgan fingerprint density at radius 3 is 2.65 bits per heavy atom. The third-order valence-corrected chi connectivity index (χ3v) is 5.86. The Morgan fingerprint density at radius 1 is 1.10 bits per heavy atom. The van der Waals surface area contributed by atoms with Crippen LogP contribution in [-0.4, -0.2) is 20.9 Å². The van der Waals surface area contributed by atoms with Gasteiger partial charge >= 0.3 is 0 Å². The Hall–Kier alpha value is -3.32. The summed E-state index contributed by atoms with van der Waals surface area (Å²) in [5, 5.41) is 5.97. The van der Waals surface area contributed by atoms with Crippen LogP contribution in [0.3, 0.4) is 0 Å². The third kappa shape index (κ3) is 5.06. The number of nitrogens with zero attached hydrogens (tertiary/aromatic N) is 2. The molecule has 0 spiro atoms. The first-order valence-corrected chi connectivity index (χ1v) is 11.2. The van der Waals surface area contributed by atoms with Gasteiger partial charge in [0, 0.05) is 23.8 Å². The summed E-state index contributed by atoms with van der Waals surface area (Å²) < 4.78 is 0. The van der Waals surface area contributed by atoms with Gasteiger partial charge in [-0.25, -0.2) is 9.97 Å². The van der Waals surface area contributed by atoms with Gasteiger partial charge in [-0.15, -0.1) is 11.3 Å². The molecular formula is C24H24N4O2S. The molecule has 2 aromatic heterocycles. The molecule has 0 aliphatic heterocycles. The second-order valence-electron chi connectivity index (χ2n) is 7.75. The molecule has 2 aromatic carbocycles. The normalized spacial score (nSPS) is 11.2. The fourth-order valence-electron chi connectivity index (χ4n) is 3.35. The van der Waals surface area contributed by atoms with Crippen molar-refractivity contribution >= 4 is 33.3 Å². The van der Waals surface area contributed by atoms with Crippen LogP contribution in [0.4, 0.5) is 5.13 Å². The second-order valence-corrected chi connectivity index (χ2v) is 8.60. The van der Waals surface area contributed by atoms with Crippen molar-refractivity contribution in [3.8, 4) is 11.3 Å². The summed E-state index contributed by atoms with van der Waals surface area (Å²) in [6, 6.07) is 15.6. The van der Waals surface area contributed by atoms with E-state index in [9.17, 15) is 9.59 Å². The van der Waals surface area contributed by atoms with Gasteiger partial charge in [0.2, 0.25) is 5.91 Å². The minimum Gasteiger partial charge on any atom is -0.310 e. The molecule has 4 rings (SSSR count). The molecule has 0 unspecified atom stereocenters. The van der Waals surface area contributed by atoms with Gasteiger partial charge in [-0.05, 0) is 30.0 Å². The maximum Gasteiger partial charge on any atom is 0.258 e. The zero-order valence-electron chi connectivity index (χ0n) is 17.5. The fourth-order valence-corrected chi connectivity index (χ4v) is 4.09. The van der Waals surface area contributed by atoms with E-state index in [1.165, 1.54) is 16.9 Å². The summed E-state index contributed by atoms with van der Waals surface area (Å²) in [4.78, 5) is 36.2. The number of hydrogen-bond acceptors (Lipinski definition) is 5. The van der Waals surface area contributed by atoms with E-state index in [-0.39, 0.29) is 11.5 Å². The van der Waals surface area contributed by atoms with Crippen molar-refractivity contribution in [1.82, 2.24) is 15.0 Å². The average molecular weight is 433 g/mol. The Balaban J connectivity index is 1.32. The molecule has 2 heterocycles. The number of aryl methyl sites for hydroxylation is 1. The Morgan fingerprint density at radius 2 is 1.87 bits per heavy atom. The Kier molecular flexibility index (Phi) is 6.23. The zero-order valence-corrected chi connectivity index (χ0v) is 18.3. The molecule has 0 bridgehead atoms. The number of carbonyl (C=O) groups is 1. The highest BCUT2D eigenvalue weighted by atomic mass is 32.1. The standard InChI is InChI=1S/C24H24N4O2S/c1-15(2)16-10-12-17(13-11-16)20-14-31-24(26-20)28-22(29)9-5-8-21-25-19-7-4-3-6-18(19)23(30)27-21/h3-4,6-7,10-15H,5,8-9H2,1-2H3,(H,25,27,30)(H,26,28,29). The number of anilines is 1. The van der Waals surface area contributed by atoms with E-state index in [1.807, 2.05) is 23.6 Å². The van der Waals surface area contributed by atoms with Crippen LogP contribution in [0.25, 0.3) is 22.2 Å². The zero-order chi connectivity index (χ0) is 21.8. The molecule has 1 amide bonds. The Bertz CT molecular complexity index is 1260. The van der Waals surface area contributed by atoms with E-state index in [0.29, 0.717) is 47.0 Å². The smallest absolute Gasteiger partial charge is 0.258 e. The van der Waals surface area contributed by atoms with E-state index in [1.54, 1.807) is 6.07 Å². The van der Waals surface area contributed by atoms with Crippen molar-refractivity contribution in [3.63, 3.8) is 0 Å². The lowest BCUT2D eigenvalue weighted by Gasteiger charge is -2.05. The minimum absolute atomic E-state index is 0.0980. The molecule has 0 saturated carbocycles. The maximum atomic E-state index is 12.3. The molecule has 7 heteroatoms. The number of carbonyl (C=O) groups excluding carboxylic acids is 1. The van der Waals surface area contributed by atoms with Gasteiger partial charge in [-0.3, -0.25) is 9.59 Å². The number of benzene rings is 2. The molecule has 158 valence electrons. The number of thiazole rings is 1. The molecule has 0 radical (unpaired) electrons. The van der Waals surface area contributed by atoms with E-state index < -0.39 is 0 Å². The van der Waals surface area contributed by atoms with Crippen LogP contribution in [0, 0.1) is 0 Å². The summed E-state index contributed by atoms with van der Waals surface area (Å²) in [6.07, 6.45) is 1.44. The molecule has 4 aromatic rings. The van der Waals surface area contributed by atoms with Crippen LogP contribution >= 0.6 is 11.3 Å². The van der Waals surface area contributed by atoms with Crippen molar-refractivity contribution in [3.05, 3.63) is 75.7 Å². The van der Waals surface area contributed by atoms with Crippen molar-refractivity contribution in [2.24, 2.45) is 0 Å². The predicted octanol–water partition coefficient (Wildman–Crippen LogP) is 5.13. The van der Waals surface area contributed by atoms with Crippen LogP contribution in [0.15, 0.2) is 58.7 Å². The summed E-state index contributed by atoms with van der Waals surface area (Å²) >= 11 is 1.41. The third-order valence-electron chi connectivity index (χ3n) is 5.10. The maximum absolute atomic E-state index is 12.3. The van der Waals surface area contributed by atoms with Crippen molar-refractivity contribution in [1.29, 1.82) is 0 Å². The van der Waals surface area contributed by atoms with Crippen LogP contribution in [0.2, 0.25) is 0 Å². The Labute approximate surface area is 184 Å². The summed E-state index contributed by atoms with van der Waals surface area (Å²) in [7, 11) is 0. The highest BCUT2D eigenvalue weighted by Crippen LogP contribution is 2.26. The first-order valence-electron chi connectivity index (χ1n) is 10.3. The lowest BCUT2D eigenvalue weighted by Crippen LogP contribution is -2.14. The van der Waals surface area contributed by atoms with Crippen LogP contribution in [0.1, 0.15) is 44.0 Å². The molecule has 2 N–H and O–H groups in total. The predicted molar refractivity (Wildman–Crippen MR) is 126 cm³/mol. The number of H-pyrrole nitrogens is 1. The van der Waals surface area contributed by atoms with E-state index in [2.05, 4.69) is 58.4 Å². The number of nitrogens with one attached hydrogen (secondary N) is 2. The molecule has 0 fully saturated rings. The summed E-state index contributed by atoms with van der Waals surface area (Å²) in [6.45, 7) is 4.33. The number of fused-ring (bicyclic) bond motifs is 1. The highest BCUT2D eigenvalue weighted by molar-refractivity contribution is 7.14. The fraction of sp³-hybridized carbons (Fsp3) is 0.250. The van der Waals surface area contributed by atoms with Gasteiger partial charge in [0.1, 0.15) is 5.82 Å². The van der Waals surface area contributed by atoms with Gasteiger partial charge < -0.3 is 10.3 Å². The van der Waals surface area contributed by atoms with Crippen LogP contribution in [-0.2, 0) is 11.2 Å². The lowest BCUT2D eigenvalue weighted by atomic mass is 10.0. The van der Waals surface area contributed by atoms with Gasteiger partial charge in [0.05, 0.1) is 16.6 Å². The minimum atomic E-state index is -0.151. The summed E-state index contributed by atoms with van der Waals surface area (Å²) in [5.74, 6) is 0.985. The monoisotopic (exact) mass is 432 g/mol. The second kappa shape index (κ2) is 9.22. The average Bonchev–Trinajstić information content (AvgIpc) is 3.22. The highest BCUT2D eigenvalue weighted by Gasteiger charge is 2.10.